The Kier molecular flexibility index (Phi) is 7.54. The molecule has 0 atom stereocenters. The van der Waals surface area contributed by atoms with Crippen LogP contribution in [-0.2, 0) is 19.2 Å². The summed E-state index contributed by atoms with van der Waals surface area (Å²) in [4.78, 5) is 75.3. The molecule has 33 heavy (non-hydrogen) atoms. The van der Waals surface area contributed by atoms with E-state index in [1.807, 2.05) is 0 Å². The van der Waals surface area contributed by atoms with Crippen LogP contribution in [0.3, 0.4) is 0 Å². The van der Waals surface area contributed by atoms with Crippen molar-refractivity contribution in [3.05, 3.63) is 0 Å². The van der Waals surface area contributed by atoms with Crippen LogP contribution in [0, 0.1) is 23.7 Å². The van der Waals surface area contributed by atoms with Crippen LogP contribution < -0.4 is 0 Å². The molecule has 2 saturated heterocycles. The lowest BCUT2D eigenvalue weighted by molar-refractivity contribution is -0.152. The van der Waals surface area contributed by atoms with Crippen LogP contribution in [0.5, 0.6) is 0 Å². The first kappa shape index (κ1) is 24.9. The van der Waals surface area contributed by atoms with Crippen molar-refractivity contribution in [3.8, 4) is 0 Å². The van der Waals surface area contributed by atoms with Crippen molar-refractivity contribution in [2.45, 2.75) is 57.8 Å². The number of carbonyl (C=O) groups is 6. The molecule has 10 heteroatoms. The van der Waals surface area contributed by atoms with Crippen LogP contribution in [0.25, 0.3) is 0 Å². The van der Waals surface area contributed by atoms with Gasteiger partial charge in [-0.3, -0.25) is 38.8 Å². The van der Waals surface area contributed by atoms with E-state index in [0.29, 0.717) is 0 Å². The lowest BCUT2D eigenvalue weighted by Gasteiger charge is -2.37. The fraction of sp³-hybridized carbons (Fsp3) is 0.739. The predicted molar refractivity (Wildman–Crippen MR) is 117 cm³/mol. The van der Waals surface area contributed by atoms with Crippen LogP contribution in [-0.4, -0.2) is 83.5 Å². The van der Waals surface area contributed by atoms with Crippen molar-refractivity contribution in [2.24, 2.45) is 23.7 Å². The van der Waals surface area contributed by atoms with Gasteiger partial charge in [0.2, 0.25) is 23.6 Å². The number of amides is 8. The molecule has 8 amide bonds. The van der Waals surface area contributed by atoms with Gasteiger partial charge in [-0.1, -0.05) is 32.1 Å². The van der Waals surface area contributed by atoms with Gasteiger partial charge in [0.1, 0.15) is 11.8 Å². The lowest BCUT2D eigenvalue weighted by atomic mass is 9.78. The molecule has 0 radical (unpaired) electrons. The zero-order chi connectivity index (χ0) is 24.4. The van der Waals surface area contributed by atoms with Gasteiger partial charge in [-0.05, 0) is 37.5 Å². The maximum Gasteiger partial charge on any atom is 0.332 e. The summed E-state index contributed by atoms with van der Waals surface area (Å²) in [5, 5.41) is 0. The van der Waals surface area contributed by atoms with E-state index in [-0.39, 0.29) is 35.5 Å². The Bertz CT molecular complexity index is 798. The fourth-order valence-electron chi connectivity index (χ4n) is 5.44. The maximum atomic E-state index is 12.0. The monoisotopic (exact) mass is 462 g/mol. The summed E-state index contributed by atoms with van der Waals surface area (Å²) in [5.41, 5.74) is 0. The second kappa shape index (κ2) is 10.0. The van der Waals surface area contributed by atoms with E-state index in [0.717, 1.165) is 71.0 Å². The Balaban J connectivity index is 0.000000186. The highest BCUT2D eigenvalue weighted by Crippen LogP contribution is 2.35. The first-order valence-corrected chi connectivity index (χ1v) is 11.8. The van der Waals surface area contributed by atoms with Crippen molar-refractivity contribution in [1.29, 1.82) is 0 Å². The van der Waals surface area contributed by atoms with Gasteiger partial charge in [-0.15, -0.1) is 0 Å². The SMILES string of the molecule is CN1C(=O)C(C2CCCC2)C(=O)N(C)C1=O.CN1C(=O)C(C2CCCCC2)C(=O)N(C)C1=O. The molecule has 0 aromatic rings. The van der Waals surface area contributed by atoms with Crippen LogP contribution in [0.4, 0.5) is 9.59 Å². The molecule has 182 valence electrons. The number of carbonyl (C=O) groups excluding carboxylic acids is 6. The average molecular weight is 463 g/mol. The van der Waals surface area contributed by atoms with Gasteiger partial charge < -0.3 is 0 Å². The molecule has 0 spiro atoms. The fourth-order valence-corrected chi connectivity index (χ4v) is 5.44. The highest BCUT2D eigenvalue weighted by atomic mass is 16.2. The van der Waals surface area contributed by atoms with E-state index in [1.54, 1.807) is 0 Å². The van der Waals surface area contributed by atoms with E-state index in [2.05, 4.69) is 0 Å². The highest BCUT2D eigenvalue weighted by molar-refractivity contribution is 6.16. The van der Waals surface area contributed by atoms with Crippen LogP contribution in [0.2, 0.25) is 0 Å². The average Bonchev–Trinajstić information content (AvgIpc) is 3.35. The first-order chi connectivity index (χ1) is 15.6. The largest absolute Gasteiger partial charge is 0.332 e. The number of imide groups is 4. The van der Waals surface area contributed by atoms with E-state index in [9.17, 15) is 28.8 Å². The molecule has 0 N–H and O–H groups in total. The number of urea groups is 2. The summed E-state index contributed by atoms with van der Waals surface area (Å²) in [6, 6.07) is -1.05. The Labute approximate surface area is 194 Å². The zero-order valence-corrected chi connectivity index (χ0v) is 19.9. The topological polar surface area (TPSA) is 115 Å². The summed E-state index contributed by atoms with van der Waals surface area (Å²) in [6.45, 7) is 0. The van der Waals surface area contributed by atoms with Gasteiger partial charge in [0.25, 0.3) is 0 Å². The van der Waals surface area contributed by atoms with E-state index < -0.39 is 23.9 Å². The van der Waals surface area contributed by atoms with Crippen molar-refractivity contribution >= 4 is 35.7 Å². The number of rotatable bonds is 2. The number of hydrogen-bond donors (Lipinski definition) is 0. The van der Waals surface area contributed by atoms with Crippen LogP contribution in [0.1, 0.15) is 57.8 Å². The Morgan fingerprint density at radius 3 is 0.970 bits per heavy atom. The second-order valence-electron chi connectivity index (χ2n) is 9.55. The van der Waals surface area contributed by atoms with E-state index in [4.69, 9.17) is 0 Å². The first-order valence-electron chi connectivity index (χ1n) is 11.8. The molecule has 10 nitrogen and oxygen atoms in total. The normalized spacial score (nSPS) is 24.7. The molecule has 0 bridgehead atoms. The minimum absolute atomic E-state index is 0.113. The van der Waals surface area contributed by atoms with Crippen LogP contribution >= 0.6 is 0 Å². The van der Waals surface area contributed by atoms with Gasteiger partial charge in [0, 0.05) is 28.2 Å². The van der Waals surface area contributed by atoms with Crippen molar-refractivity contribution < 1.29 is 28.8 Å². The molecule has 0 unspecified atom stereocenters. The molecule has 2 aliphatic heterocycles. The molecule has 2 saturated carbocycles. The van der Waals surface area contributed by atoms with Gasteiger partial charge in [0.05, 0.1) is 0 Å². The molecule has 4 rings (SSSR count). The van der Waals surface area contributed by atoms with Crippen molar-refractivity contribution in [1.82, 2.24) is 19.6 Å². The molecule has 2 heterocycles. The van der Waals surface area contributed by atoms with Gasteiger partial charge >= 0.3 is 12.1 Å². The second-order valence-corrected chi connectivity index (χ2v) is 9.55. The quantitative estimate of drug-likeness (QED) is 0.580. The standard InChI is InChI=1S/C12H18N2O3.C11H16N2O3/c1-13-10(15)9(8-6-4-3-5-7-8)11(16)14(2)12(13)17;1-12-9(14)8(7-5-3-4-6-7)10(15)13(2)11(12)16/h8-9H,3-7H2,1-2H3;7-8H,3-6H2,1-2H3. The molecular weight excluding hydrogens is 428 g/mol. The minimum atomic E-state index is -0.636. The third-order valence-corrected chi connectivity index (χ3v) is 7.53. The zero-order valence-electron chi connectivity index (χ0n) is 19.9. The Morgan fingerprint density at radius 2 is 0.697 bits per heavy atom. The summed E-state index contributed by atoms with van der Waals surface area (Å²) in [5.74, 6) is -2.35. The Hall–Kier alpha value is -2.78. The summed E-state index contributed by atoms with van der Waals surface area (Å²) >= 11 is 0. The molecular formula is C23H34N4O6. The maximum absolute atomic E-state index is 12.0. The lowest BCUT2D eigenvalue weighted by Crippen LogP contribution is -2.58. The summed E-state index contributed by atoms with van der Waals surface area (Å²) < 4.78 is 0. The molecule has 4 aliphatic rings. The minimum Gasteiger partial charge on any atom is -0.273 e. The predicted octanol–water partition coefficient (Wildman–Crippen LogP) is 2.08. The number of nitrogens with zero attached hydrogens (tertiary/aromatic N) is 4. The molecule has 2 aliphatic carbocycles. The number of hydrogen-bond acceptors (Lipinski definition) is 6. The number of barbiturate groups is 2. The Morgan fingerprint density at radius 1 is 0.455 bits per heavy atom. The molecule has 0 aromatic heterocycles. The smallest absolute Gasteiger partial charge is 0.273 e. The van der Waals surface area contributed by atoms with Gasteiger partial charge in [-0.25, -0.2) is 9.59 Å². The highest BCUT2D eigenvalue weighted by Gasteiger charge is 2.47. The third kappa shape index (κ3) is 4.65. The van der Waals surface area contributed by atoms with Crippen molar-refractivity contribution in [2.75, 3.05) is 28.2 Å². The molecule has 0 aromatic carbocycles. The third-order valence-electron chi connectivity index (χ3n) is 7.53. The van der Waals surface area contributed by atoms with E-state index >= 15 is 0 Å². The van der Waals surface area contributed by atoms with Gasteiger partial charge in [-0.2, -0.15) is 0 Å². The van der Waals surface area contributed by atoms with E-state index in [1.165, 1.54) is 34.6 Å². The molecule has 4 fully saturated rings. The summed E-state index contributed by atoms with van der Waals surface area (Å²) in [7, 11) is 5.78. The summed E-state index contributed by atoms with van der Waals surface area (Å²) in [6.07, 6.45) is 9.13. The van der Waals surface area contributed by atoms with Crippen LogP contribution in [0.15, 0.2) is 0 Å². The van der Waals surface area contributed by atoms with Gasteiger partial charge in [0.15, 0.2) is 0 Å². The van der Waals surface area contributed by atoms with Crippen molar-refractivity contribution in [3.63, 3.8) is 0 Å².